The Morgan fingerprint density at radius 1 is 1.67 bits per heavy atom. The Bertz CT molecular complexity index is 325. The van der Waals surface area contributed by atoms with Crippen molar-refractivity contribution in [3.63, 3.8) is 0 Å². The van der Waals surface area contributed by atoms with Crippen LogP contribution < -0.4 is 5.32 Å². The summed E-state index contributed by atoms with van der Waals surface area (Å²) < 4.78 is 0. The van der Waals surface area contributed by atoms with E-state index in [4.69, 9.17) is 6.42 Å². The highest BCUT2D eigenvalue weighted by Gasteiger charge is 2.08. The summed E-state index contributed by atoms with van der Waals surface area (Å²) in [6.45, 7) is 2.03. The van der Waals surface area contributed by atoms with Gasteiger partial charge in [-0.1, -0.05) is 0 Å². The van der Waals surface area contributed by atoms with Crippen molar-refractivity contribution in [2.45, 2.75) is 38.6 Å². The molecule has 0 bridgehead atoms. The molecule has 0 aliphatic carbocycles. The number of thiazole rings is 1. The van der Waals surface area contributed by atoms with Crippen molar-refractivity contribution in [3.05, 3.63) is 16.1 Å². The normalized spacial score (nSPS) is 12.3. The number of hydrogen-bond acceptors (Lipinski definition) is 3. The number of nitrogens with zero attached hydrogens (tertiary/aromatic N) is 1. The zero-order valence-corrected chi connectivity index (χ0v) is 10.2. The van der Waals surface area contributed by atoms with Crippen LogP contribution in [-0.4, -0.2) is 18.1 Å². The van der Waals surface area contributed by atoms with Gasteiger partial charge >= 0.3 is 0 Å². The van der Waals surface area contributed by atoms with Crippen LogP contribution in [0.3, 0.4) is 0 Å². The van der Waals surface area contributed by atoms with Gasteiger partial charge in [0.1, 0.15) is 0 Å². The van der Waals surface area contributed by atoms with Crippen LogP contribution in [0.1, 0.15) is 30.0 Å². The fraction of sp³-hybridized carbons (Fsp3) is 0.583. The lowest BCUT2D eigenvalue weighted by Gasteiger charge is -2.13. The highest BCUT2D eigenvalue weighted by molar-refractivity contribution is 7.09. The predicted octanol–water partition coefficient (Wildman–Crippen LogP) is 2.39. The van der Waals surface area contributed by atoms with E-state index in [0.29, 0.717) is 6.04 Å². The summed E-state index contributed by atoms with van der Waals surface area (Å²) in [5, 5.41) is 6.63. The fourth-order valence-electron chi connectivity index (χ4n) is 1.51. The summed E-state index contributed by atoms with van der Waals surface area (Å²) >= 11 is 1.74. The number of hydrogen-bond donors (Lipinski definition) is 1. The number of terminal acetylenes is 1. The van der Waals surface area contributed by atoms with Crippen molar-refractivity contribution in [1.29, 1.82) is 0 Å². The molecule has 3 heteroatoms. The van der Waals surface area contributed by atoms with Crippen LogP contribution in [0.25, 0.3) is 0 Å². The van der Waals surface area contributed by atoms with E-state index in [1.807, 2.05) is 14.0 Å². The van der Waals surface area contributed by atoms with Gasteiger partial charge in [0, 0.05) is 30.0 Å². The van der Waals surface area contributed by atoms with E-state index in [1.54, 1.807) is 11.3 Å². The Balaban J connectivity index is 2.37. The van der Waals surface area contributed by atoms with E-state index < -0.39 is 0 Å². The molecule has 82 valence electrons. The van der Waals surface area contributed by atoms with Crippen LogP contribution in [-0.2, 0) is 6.42 Å². The lowest BCUT2D eigenvalue weighted by atomic mass is 10.1. The smallest absolute Gasteiger partial charge is 0.0943 e. The summed E-state index contributed by atoms with van der Waals surface area (Å²) in [5.41, 5.74) is 1.12. The molecule has 0 saturated heterocycles. The Labute approximate surface area is 96.1 Å². The summed E-state index contributed by atoms with van der Waals surface area (Å²) in [4.78, 5) is 4.46. The van der Waals surface area contributed by atoms with Crippen LogP contribution in [0.15, 0.2) is 5.38 Å². The molecule has 0 saturated carbocycles. The molecule has 0 amide bonds. The Kier molecular flexibility index (Phi) is 5.38. The SMILES string of the molecule is C#CCCCC(Cc1nc(C)cs1)NC. The number of rotatable bonds is 6. The third-order valence-electron chi connectivity index (χ3n) is 2.37. The van der Waals surface area contributed by atoms with Gasteiger partial charge in [0.25, 0.3) is 0 Å². The molecule has 1 atom stereocenters. The number of unbranched alkanes of at least 4 members (excludes halogenated alkanes) is 1. The minimum atomic E-state index is 0.504. The standard InChI is InChI=1S/C12H18N2S/c1-4-5-6-7-11(13-3)8-12-14-10(2)9-15-12/h1,9,11,13H,5-8H2,2-3H3. The monoisotopic (exact) mass is 222 g/mol. The topological polar surface area (TPSA) is 24.9 Å². The number of aromatic nitrogens is 1. The zero-order valence-electron chi connectivity index (χ0n) is 9.42. The van der Waals surface area contributed by atoms with Crippen molar-refractivity contribution < 1.29 is 0 Å². The number of likely N-dealkylation sites (N-methyl/N-ethyl adjacent to an activating group) is 1. The number of aryl methyl sites for hydroxylation is 1. The van der Waals surface area contributed by atoms with Gasteiger partial charge < -0.3 is 5.32 Å². The molecular weight excluding hydrogens is 204 g/mol. The second kappa shape index (κ2) is 6.60. The van der Waals surface area contributed by atoms with Gasteiger partial charge in [0.15, 0.2) is 0 Å². The molecule has 1 aromatic heterocycles. The maximum atomic E-state index is 5.23. The van der Waals surface area contributed by atoms with Gasteiger partial charge in [-0.05, 0) is 26.8 Å². The lowest BCUT2D eigenvalue weighted by Crippen LogP contribution is -2.27. The first-order valence-corrected chi connectivity index (χ1v) is 6.16. The van der Waals surface area contributed by atoms with Crippen LogP contribution in [0.4, 0.5) is 0 Å². The second-order valence-electron chi connectivity index (χ2n) is 3.67. The highest BCUT2D eigenvalue weighted by Crippen LogP contribution is 2.13. The van der Waals surface area contributed by atoms with Crippen molar-refractivity contribution in [2.24, 2.45) is 0 Å². The maximum absolute atomic E-state index is 5.23. The second-order valence-corrected chi connectivity index (χ2v) is 4.61. The lowest BCUT2D eigenvalue weighted by molar-refractivity contribution is 0.505. The van der Waals surface area contributed by atoms with E-state index >= 15 is 0 Å². The predicted molar refractivity (Wildman–Crippen MR) is 66.1 cm³/mol. The first-order chi connectivity index (χ1) is 7.26. The Morgan fingerprint density at radius 2 is 2.47 bits per heavy atom. The van der Waals surface area contributed by atoms with Gasteiger partial charge in [-0.2, -0.15) is 0 Å². The number of nitrogens with one attached hydrogen (secondary N) is 1. The first-order valence-electron chi connectivity index (χ1n) is 5.28. The Morgan fingerprint density at radius 3 is 3.00 bits per heavy atom. The van der Waals surface area contributed by atoms with E-state index in [1.165, 1.54) is 5.01 Å². The van der Waals surface area contributed by atoms with E-state index in [9.17, 15) is 0 Å². The van der Waals surface area contributed by atoms with E-state index in [2.05, 4.69) is 21.6 Å². The summed E-state index contributed by atoms with van der Waals surface area (Å²) in [6.07, 6.45) is 9.33. The van der Waals surface area contributed by atoms with Gasteiger partial charge in [-0.15, -0.1) is 23.7 Å². The summed E-state index contributed by atoms with van der Waals surface area (Å²) in [5.74, 6) is 2.67. The summed E-state index contributed by atoms with van der Waals surface area (Å²) in [6, 6.07) is 0.504. The molecule has 1 N–H and O–H groups in total. The maximum Gasteiger partial charge on any atom is 0.0943 e. The third kappa shape index (κ3) is 4.46. The fourth-order valence-corrected chi connectivity index (χ4v) is 2.36. The molecule has 2 nitrogen and oxygen atoms in total. The van der Waals surface area contributed by atoms with Gasteiger partial charge in [0.05, 0.1) is 5.01 Å². The van der Waals surface area contributed by atoms with Crippen molar-refractivity contribution >= 4 is 11.3 Å². The molecule has 15 heavy (non-hydrogen) atoms. The summed E-state index contributed by atoms with van der Waals surface area (Å²) in [7, 11) is 2.00. The van der Waals surface area contributed by atoms with E-state index in [-0.39, 0.29) is 0 Å². The molecule has 1 aromatic rings. The van der Waals surface area contributed by atoms with Gasteiger partial charge in [-0.25, -0.2) is 4.98 Å². The molecule has 1 rings (SSSR count). The van der Waals surface area contributed by atoms with E-state index in [0.717, 1.165) is 31.4 Å². The van der Waals surface area contributed by atoms with Crippen molar-refractivity contribution in [1.82, 2.24) is 10.3 Å². The van der Waals surface area contributed by atoms with Gasteiger partial charge in [-0.3, -0.25) is 0 Å². The molecule has 0 radical (unpaired) electrons. The van der Waals surface area contributed by atoms with Gasteiger partial charge in [0.2, 0.25) is 0 Å². The molecule has 0 aliphatic rings. The molecule has 0 spiro atoms. The average molecular weight is 222 g/mol. The van der Waals surface area contributed by atoms with Crippen molar-refractivity contribution in [2.75, 3.05) is 7.05 Å². The largest absolute Gasteiger partial charge is 0.317 e. The molecule has 0 fully saturated rings. The van der Waals surface area contributed by atoms with Crippen LogP contribution in [0.5, 0.6) is 0 Å². The average Bonchev–Trinajstić information content (AvgIpc) is 2.63. The minimum Gasteiger partial charge on any atom is -0.317 e. The molecule has 0 aliphatic heterocycles. The quantitative estimate of drug-likeness (QED) is 0.590. The van der Waals surface area contributed by atoms with Crippen LogP contribution in [0, 0.1) is 19.3 Å². The molecule has 1 heterocycles. The molecule has 0 aromatic carbocycles. The molecule has 1 unspecified atom stereocenters. The Hall–Kier alpha value is -0.850. The van der Waals surface area contributed by atoms with Crippen LogP contribution in [0.2, 0.25) is 0 Å². The first kappa shape index (κ1) is 12.2. The van der Waals surface area contributed by atoms with Crippen molar-refractivity contribution in [3.8, 4) is 12.3 Å². The zero-order chi connectivity index (χ0) is 11.1. The minimum absolute atomic E-state index is 0.504. The molecular formula is C12H18N2S. The third-order valence-corrected chi connectivity index (χ3v) is 3.36. The highest BCUT2D eigenvalue weighted by atomic mass is 32.1. The van der Waals surface area contributed by atoms with Crippen LogP contribution >= 0.6 is 11.3 Å².